The average Bonchev–Trinajstić information content (AvgIpc) is 2.99. The minimum Gasteiger partial charge on any atom is -0.393 e. The maximum absolute atomic E-state index is 10.2. The summed E-state index contributed by atoms with van der Waals surface area (Å²) >= 11 is 0. The standard InChI is InChI=1S/C24H31NO/c1-23-11-9-18(26)14-17(23)5-6-19-21-8-7-20(16-4-3-13-25-15-16)24(21,2)12-10-22(19)23/h3-5,7,13,15,18-19,21-22,26H,6,8-12,14H2,1-2H3/t18-,19?,21?,22?,23-,24+/m0/s1/i3D,4D,5D,7D,13D,15D. The molecule has 2 nitrogen and oxygen atoms in total. The highest BCUT2D eigenvalue weighted by Crippen LogP contribution is 2.66. The molecule has 2 saturated carbocycles. The van der Waals surface area contributed by atoms with Crippen molar-refractivity contribution < 1.29 is 13.3 Å². The number of aliphatic hydroxyl groups is 1. The molecular weight excluding hydrogens is 318 g/mol. The number of fused-ring (bicyclic) bond motifs is 5. The van der Waals surface area contributed by atoms with Gasteiger partial charge in [-0.2, -0.15) is 0 Å². The molecule has 0 aliphatic heterocycles. The van der Waals surface area contributed by atoms with Crippen molar-refractivity contribution in [2.45, 2.75) is 64.9 Å². The van der Waals surface area contributed by atoms with Crippen LogP contribution in [0.4, 0.5) is 0 Å². The number of nitrogens with zero attached hydrogens (tertiary/aromatic N) is 1. The Balaban J connectivity index is 1.58. The molecule has 138 valence electrons. The van der Waals surface area contributed by atoms with E-state index in [1.54, 1.807) is 0 Å². The van der Waals surface area contributed by atoms with Gasteiger partial charge in [0.1, 0.15) is 0 Å². The third-order valence-electron chi connectivity index (χ3n) is 8.11. The summed E-state index contributed by atoms with van der Waals surface area (Å²) in [6.07, 6.45) is 4.40. The van der Waals surface area contributed by atoms with E-state index in [9.17, 15) is 5.11 Å². The highest BCUT2D eigenvalue weighted by molar-refractivity contribution is 5.72. The molecule has 6 atom stereocenters. The summed E-state index contributed by atoms with van der Waals surface area (Å²) < 4.78 is 50.4. The van der Waals surface area contributed by atoms with Gasteiger partial charge in [0, 0.05) is 12.3 Å². The topological polar surface area (TPSA) is 33.1 Å². The van der Waals surface area contributed by atoms with E-state index in [0.717, 1.165) is 31.3 Å². The van der Waals surface area contributed by atoms with Gasteiger partial charge in [-0.1, -0.05) is 37.6 Å². The first-order chi connectivity index (χ1) is 15.0. The van der Waals surface area contributed by atoms with Crippen molar-refractivity contribution in [2.75, 3.05) is 0 Å². The molecule has 1 heterocycles. The van der Waals surface area contributed by atoms with Gasteiger partial charge in [0.05, 0.1) is 14.3 Å². The highest BCUT2D eigenvalue weighted by atomic mass is 16.3. The predicted molar refractivity (Wildman–Crippen MR) is 105 cm³/mol. The lowest BCUT2D eigenvalue weighted by Crippen LogP contribution is -2.49. The molecule has 1 aromatic rings. The van der Waals surface area contributed by atoms with Crippen LogP contribution in [0.5, 0.6) is 0 Å². The lowest BCUT2D eigenvalue weighted by molar-refractivity contribution is -0.0238. The molecule has 3 unspecified atom stereocenters. The number of rotatable bonds is 1. The first-order valence-corrected chi connectivity index (χ1v) is 10.0. The first-order valence-electron chi connectivity index (χ1n) is 13.0. The third kappa shape index (κ3) is 2.24. The van der Waals surface area contributed by atoms with Crippen LogP contribution in [0.25, 0.3) is 5.57 Å². The van der Waals surface area contributed by atoms with E-state index >= 15 is 0 Å². The quantitative estimate of drug-likeness (QED) is 0.684. The fourth-order valence-corrected chi connectivity index (χ4v) is 6.62. The number of aromatic nitrogens is 1. The molecule has 4 aliphatic carbocycles. The van der Waals surface area contributed by atoms with Crippen LogP contribution in [0.15, 0.2) is 42.1 Å². The monoisotopic (exact) mass is 355 g/mol. The van der Waals surface area contributed by atoms with Crippen molar-refractivity contribution in [3.63, 3.8) is 0 Å². The number of aliphatic hydroxyl groups excluding tert-OH is 1. The van der Waals surface area contributed by atoms with Gasteiger partial charge in [0.25, 0.3) is 0 Å². The summed E-state index contributed by atoms with van der Waals surface area (Å²) in [7, 11) is 0. The molecule has 1 N–H and O–H groups in total. The Labute approximate surface area is 165 Å². The molecule has 0 amide bonds. The SMILES string of the molecule is [2H]C1=C2C[C@@H](O)CC[C@]2(C)C2CC[C@]3(C)C(c4c([2H])nc([2H])c([2H])c4[2H])=C([2H])CC3C2C1. The molecule has 4 aliphatic rings. The minimum absolute atomic E-state index is 0.0740. The number of allylic oxidation sites excluding steroid dienone is 3. The summed E-state index contributed by atoms with van der Waals surface area (Å²) in [5.41, 5.74) is 1.58. The molecule has 0 saturated heterocycles. The van der Waals surface area contributed by atoms with E-state index in [0.29, 0.717) is 42.9 Å². The molecule has 0 bridgehead atoms. The maximum Gasteiger partial charge on any atom is 0.0846 e. The van der Waals surface area contributed by atoms with E-state index in [1.165, 1.54) is 0 Å². The smallest absolute Gasteiger partial charge is 0.0846 e. The van der Waals surface area contributed by atoms with Crippen LogP contribution >= 0.6 is 0 Å². The molecule has 26 heavy (non-hydrogen) atoms. The molecule has 0 aromatic carbocycles. The average molecular weight is 356 g/mol. The molecular formula is C24H31NO. The number of hydrogen-bond acceptors (Lipinski definition) is 2. The van der Waals surface area contributed by atoms with E-state index < -0.39 is 5.41 Å². The van der Waals surface area contributed by atoms with Crippen molar-refractivity contribution in [1.29, 1.82) is 0 Å². The fraction of sp³-hybridized carbons (Fsp3) is 0.625. The molecule has 0 radical (unpaired) electrons. The van der Waals surface area contributed by atoms with Crippen molar-refractivity contribution in [3.05, 3.63) is 47.7 Å². The second-order valence-corrected chi connectivity index (χ2v) is 9.22. The Morgan fingerprint density at radius 2 is 1.96 bits per heavy atom. The number of pyridine rings is 1. The molecule has 0 spiro atoms. The summed E-state index contributed by atoms with van der Waals surface area (Å²) in [6.45, 7) is 4.41. The first kappa shape index (κ1) is 11.4. The Bertz CT molecular complexity index is 1070. The second kappa shape index (κ2) is 5.79. The van der Waals surface area contributed by atoms with Crippen molar-refractivity contribution in [1.82, 2.24) is 4.98 Å². The summed E-state index contributed by atoms with van der Waals surface area (Å²) in [6, 6.07) is 0.625. The Morgan fingerprint density at radius 1 is 1.12 bits per heavy atom. The zero-order valence-corrected chi connectivity index (χ0v) is 15.7. The zero-order valence-electron chi connectivity index (χ0n) is 21.7. The second-order valence-electron chi connectivity index (χ2n) is 9.22. The van der Waals surface area contributed by atoms with Gasteiger partial charge < -0.3 is 5.11 Å². The summed E-state index contributed by atoms with van der Waals surface area (Å²) in [5.74, 6) is 0.819. The molecule has 5 rings (SSSR count). The van der Waals surface area contributed by atoms with Gasteiger partial charge in [-0.25, -0.2) is 0 Å². The van der Waals surface area contributed by atoms with Crippen molar-refractivity contribution in [2.24, 2.45) is 28.6 Å². The summed E-state index contributed by atoms with van der Waals surface area (Å²) in [5, 5.41) is 10.2. The van der Waals surface area contributed by atoms with Crippen LogP contribution in [0.3, 0.4) is 0 Å². The lowest BCUT2D eigenvalue weighted by atomic mass is 9.47. The van der Waals surface area contributed by atoms with Crippen molar-refractivity contribution in [3.8, 4) is 0 Å². The maximum atomic E-state index is 10.2. The van der Waals surface area contributed by atoms with Crippen LogP contribution in [0.1, 0.15) is 72.6 Å². The van der Waals surface area contributed by atoms with Gasteiger partial charge >= 0.3 is 0 Å². The molecule has 1 aromatic heterocycles. The Hall–Kier alpha value is -1.41. The van der Waals surface area contributed by atoms with Gasteiger partial charge in [-0.15, -0.1) is 0 Å². The lowest BCUT2D eigenvalue weighted by Gasteiger charge is -2.57. The zero-order chi connectivity index (χ0) is 23.2. The van der Waals surface area contributed by atoms with Crippen LogP contribution in [-0.2, 0) is 0 Å². The normalized spacial score (nSPS) is 48.4. The van der Waals surface area contributed by atoms with Crippen LogP contribution in [0, 0.1) is 28.6 Å². The summed E-state index contributed by atoms with van der Waals surface area (Å²) in [4.78, 5) is 3.89. The van der Waals surface area contributed by atoms with Gasteiger partial charge in [-0.3, -0.25) is 4.98 Å². The highest BCUT2D eigenvalue weighted by Gasteiger charge is 2.56. The minimum atomic E-state index is -0.399. The van der Waals surface area contributed by atoms with Crippen LogP contribution < -0.4 is 0 Å². The molecule has 2 fully saturated rings. The van der Waals surface area contributed by atoms with Crippen LogP contribution in [-0.4, -0.2) is 16.2 Å². The Morgan fingerprint density at radius 3 is 2.85 bits per heavy atom. The Kier molecular flexibility index (Phi) is 2.55. The van der Waals surface area contributed by atoms with E-state index in [2.05, 4.69) is 18.8 Å². The fourth-order valence-electron chi connectivity index (χ4n) is 6.62. The molecule has 2 heteroatoms. The number of hydrogen-bond donors (Lipinski definition) is 1. The van der Waals surface area contributed by atoms with Gasteiger partial charge in [0.15, 0.2) is 0 Å². The third-order valence-corrected chi connectivity index (χ3v) is 8.11. The van der Waals surface area contributed by atoms with Crippen molar-refractivity contribution >= 4 is 5.57 Å². The van der Waals surface area contributed by atoms with E-state index in [4.69, 9.17) is 8.22 Å². The van der Waals surface area contributed by atoms with Crippen LogP contribution in [0.2, 0.25) is 0 Å². The largest absolute Gasteiger partial charge is 0.393 e. The van der Waals surface area contributed by atoms with E-state index in [-0.39, 0.29) is 53.3 Å². The predicted octanol–water partition coefficient (Wildman–Crippen LogP) is 5.40. The van der Waals surface area contributed by atoms with Gasteiger partial charge in [0.2, 0.25) is 0 Å². The van der Waals surface area contributed by atoms with E-state index in [1.807, 2.05) is 0 Å². The van der Waals surface area contributed by atoms with Gasteiger partial charge in [-0.05, 0) is 90.7 Å².